The fourth-order valence-corrected chi connectivity index (χ4v) is 2.55. The van der Waals surface area contributed by atoms with Crippen LogP contribution in [0.25, 0.3) is 0 Å². The molecule has 1 amide bonds. The highest BCUT2D eigenvalue weighted by molar-refractivity contribution is 7.11. The van der Waals surface area contributed by atoms with Crippen LogP contribution < -0.4 is 15.8 Å². The molecule has 20 heavy (non-hydrogen) atoms. The summed E-state index contributed by atoms with van der Waals surface area (Å²) in [5.41, 5.74) is 6.30. The SMILES string of the molecule is Cc1ccc(CNC(=O)CCOc2cccc(N)c2)s1. The van der Waals surface area contributed by atoms with Crippen molar-refractivity contribution >= 4 is 22.9 Å². The first kappa shape index (κ1) is 14.4. The van der Waals surface area contributed by atoms with Crippen LogP contribution in [0.5, 0.6) is 5.75 Å². The molecule has 0 aliphatic heterocycles. The van der Waals surface area contributed by atoms with E-state index in [-0.39, 0.29) is 5.91 Å². The van der Waals surface area contributed by atoms with Gasteiger partial charge in [0.2, 0.25) is 5.91 Å². The van der Waals surface area contributed by atoms with Crippen LogP contribution in [0.4, 0.5) is 5.69 Å². The normalized spacial score (nSPS) is 10.2. The van der Waals surface area contributed by atoms with Crippen LogP contribution in [0.1, 0.15) is 16.2 Å². The van der Waals surface area contributed by atoms with Gasteiger partial charge in [-0.1, -0.05) is 6.07 Å². The molecule has 2 aromatic rings. The lowest BCUT2D eigenvalue weighted by atomic mass is 10.3. The zero-order valence-electron chi connectivity index (χ0n) is 11.4. The standard InChI is InChI=1S/C15H18N2O2S/c1-11-5-6-14(20-11)10-17-15(18)7-8-19-13-4-2-3-12(16)9-13/h2-6,9H,7-8,10,16H2,1H3,(H,17,18). The van der Waals surface area contributed by atoms with E-state index in [1.165, 1.54) is 4.88 Å². The van der Waals surface area contributed by atoms with E-state index in [1.807, 2.05) is 18.2 Å². The van der Waals surface area contributed by atoms with Gasteiger partial charge in [0.15, 0.2) is 0 Å². The number of ether oxygens (including phenoxy) is 1. The van der Waals surface area contributed by atoms with Crippen LogP contribution in [-0.2, 0) is 11.3 Å². The van der Waals surface area contributed by atoms with Gasteiger partial charge in [0.25, 0.3) is 0 Å². The van der Waals surface area contributed by atoms with Crippen molar-refractivity contribution in [3.63, 3.8) is 0 Å². The monoisotopic (exact) mass is 290 g/mol. The second kappa shape index (κ2) is 6.96. The minimum Gasteiger partial charge on any atom is -0.493 e. The molecule has 0 bridgehead atoms. The molecule has 5 heteroatoms. The largest absolute Gasteiger partial charge is 0.493 e. The fourth-order valence-electron chi connectivity index (χ4n) is 1.72. The number of rotatable bonds is 6. The number of thiophene rings is 1. The molecule has 0 radical (unpaired) electrons. The Kier molecular flexibility index (Phi) is 5.01. The number of benzene rings is 1. The zero-order valence-corrected chi connectivity index (χ0v) is 12.2. The zero-order chi connectivity index (χ0) is 14.4. The molecule has 4 nitrogen and oxygen atoms in total. The van der Waals surface area contributed by atoms with Crippen molar-refractivity contribution < 1.29 is 9.53 Å². The first-order chi connectivity index (χ1) is 9.63. The van der Waals surface area contributed by atoms with Gasteiger partial charge < -0.3 is 15.8 Å². The van der Waals surface area contributed by atoms with Gasteiger partial charge >= 0.3 is 0 Å². The second-order valence-electron chi connectivity index (χ2n) is 4.46. The number of aryl methyl sites for hydroxylation is 1. The van der Waals surface area contributed by atoms with Crippen LogP contribution in [0.3, 0.4) is 0 Å². The summed E-state index contributed by atoms with van der Waals surface area (Å²) in [5, 5.41) is 2.88. The summed E-state index contributed by atoms with van der Waals surface area (Å²) in [6.07, 6.45) is 0.332. The number of nitrogens with two attached hydrogens (primary N) is 1. The molecular formula is C15H18N2O2S. The first-order valence-corrected chi connectivity index (χ1v) is 7.25. The molecule has 2 rings (SSSR count). The van der Waals surface area contributed by atoms with Crippen LogP contribution in [0.15, 0.2) is 36.4 Å². The van der Waals surface area contributed by atoms with E-state index in [4.69, 9.17) is 10.5 Å². The van der Waals surface area contributed by atoms with Crippen molar-refractivity contribution in [3.8, 4) is 5.75 Å². The Bertz CT molecular complexity index is 581. The molecule has 0 saturated carbocycles. The van der Waals surface area contributed by atoms with Crippen LogP contribution in [0.2, 0.25) is 0 Å². The number of amides is 1. The average molecular weight is 290 g/mol. The Labute approximate surface area is 122 Å². The van der Waals surface area contributed by atoms with Crippen molar-refractivity contribution in [1.82, 2.24) is 5.32 Å². The van der Waals surface area contributed by atoms with Gasteiger partial charge in [-0.25, -0.2) is 0 Å². The Morgan fingerprint density at radius 1 is 1.35 bits per heavy atom. The van der Waals surface area contributed by atoms with E-state index in [9.17, 15) is 4.79 Å². The summed E-state index contributed by atoms with van der Waals surface area (Å²) >= 11 is 1.69. The van der Waals surface area contributed by atoms with E-state index in [1.54, 1.807) is 23.5 Å². The van der Waals surface area contributed by atoms with Crippen LogP contribution in [-0.4, -0.2) is 12.5 Å². The smallest absolute Gasteiger partial charge is 0.223 e. The van der Waals surface area contributed by atoms with Crippen molar-refractivity contribution in [3.05, 3.63) is 46.2 Å². The molecule has 0 spiro atoms. The minimum atomic E-state index is -0.0139. The molecule has 0 fully saturated rings. The third kappa shape index (κ3) is 4.59. The molecule has 0 atom stereocenters. The summed E-state index contributed by atoms with van der Waals surface area (Å²) < 4.78 is 5.48. The summed E-state index contributed by atoms with van der Waals surface area (Å²) in [6.45, 7) is 2.98. The highest BCUT2D eigenvalue weighted by atomic mass is 32.1. The Hall–Kier alpha value is -2.01. The molecule has 1 heterocycles. The Balaban J connectivity index is 1.67. The van der Waals surface area contributed by atoms with Crippen molar-refractivity contribution in [2.45, 2.75) is 19.9 Å². The molecule has 1 aromatic carbocycles. The van der Waals surface area contributed by atoms with Crippen molar-refractivity contribution in [2.75, 3.05) is 12.3 Å². The lowest BCUT2D eigenvalue weighted by Gasteiger charge is -2.07. The number of carbonyl (C=O) groups excluding carboxylic acids is 1. The molecule has 0 saturated heterocycles. The van der Waals surface area contributed by atoms with Gasteiger partial charge in [-0.05, 0) is 31.2 Å². The van der Waals surface area contributed by atoms with Crippen molar-refractivity contribution in [2.24, 2.45) is 0 Å². The van der Waals surface area contributed by atoms with Crippen LogP contribution in [0, 0.1) is 6.92 Å². The number of nitrogens with one attached hydrogen (secondary N) is 1. The Morgan fingerprint density at radius 3 is 2.90 bits per heavy atom. The highest BCUT2D eigenvalue weighted by Crippen LogP contribution is 2.15. The van der Waals surface area contributed by atoms with Gasteiger partial charge in [-0.3, -0.25) is 4.79 Å². The number of carbonyl (C=O) groups is 1. The fraction of sp³-hybridized carbons (Fsp3) is 0.267. The molecule has 106 valence electrons. The van der Waals surface area contributed by atoms with Gasteiger partial charge in [0, 0.05) is 21.5 Å². The lowest BCUT2D eigenvalue weighted by Crippen LogP contribution is -2.24. The second-order valence-corrected chi connectivity index (χ2v) is 5.83. The number of nitrogen functional groups attached to an aromatic ring is 1. The molecular weight excluding hydrogens is 272 g/mol. The maximum Gasteiger partial charge on any atom is 0.223 e. The summed E-state index contributed by atoms with van der Waals surface area (Å²) in [4.78, 5) is 14.1. The van der Waals surface area contributed by atoms with Crippen LogP contribution >= 0.6 is 11.3 Å². The molecule has 3 N–H and O–H groups in total. The number of hydrogen-bond acceptors (Lipinski definition) is 4. The number of anilines is 1. The van der Waals surface area contributed by atoms with Crippen molar-refractivity contribution in [1.29, 1.82) is 0 Å². The third-order valence-corrected chi connectivity index (χ3v) is 3.71. The lowest BCUT2D eigenvalue weighted by molar-refractivity contribution is -0.121. The molecule has 0 aliphatic rings. The van der Waals surface area contributed by atoms with E-state index < -0.39 is 0 Å². The van der Waals surface area contributed by atoms with E-state index in [0.29, 0.717) is 31.0 Å². The molecule has 0 aliphatic carbocycles. The highest BCUT2D eigenvalue weighted by Gasteiger charge is 2.03. The maximum atomic E-state index is 11.7. The maximum absolute atomic E-state index is 11.7. The van der Waals surface area contributed by atoms with E-state index in [0.717, 1.165) is 4.88 Å². The van der Waals surface area contributed by atoms with E-state index >= 15 is 0 Å². The summed E-state index contributed by atoms with van der Waals surface area (Å²) in [7, 11) is 0. The van der Waals surface area contributed by atoms with Gasteiger partial charge in [0.05, 0.1) is 19.6 Å². The first-order valence-electron chi connectivity index (χ1n) is 6.44. The summed E-state index contributed by atoms with van der Waals surface area (Å²) in [6, 6.07) is 11.3. The predicted molar refractivity (Wildman–Crippen MR) is 81.9 cm³/mol. The molecule has 0 unspecified atom stereocenters. The molecule has 1 aromatic heterocycles. The topological polar surface area (TPSA) is 64.3 Å². The minimum absolute atomic E-state index is 0.0139. The van der Waals surface area contributed by atoms with Gasteiger partial charge in [0.1, 0.15) is 5.75 Å². The van der Waals surface area contributed by atoms with Gasteiger partial charge in [-0.2, -0.15) is 0 Å². The average Bonchev–Trinajstić information content (AvgIpc) is 2.82. The number of hydrogen-bond donors (Lipinski definition) is 2. The quantitative estimate of drug-likeness (QED) is 0.804. The van der Waals surface area contributed by atoms with Gasteiger partial charge in [-0.15, -0.1) is 11.3 Å². The predicted octanol–water partition coefficient (Wildman–Crippen LogP) is 2.72. The Morgan fingerprint density at radius 2 is 2.20 bits per heavy atom. The summed E-state index contributed by atoms with van der Waals surface area (Å²) in [5.74, 6) is 0.673. The third-order valence-electron chi connectivity index (χ3n) is 2.71. The van der Waals surface area contributed by atoms with E-state index in [2.05, 4.69) is 18.3 Å².